The normalized spacial score (nSPS) is 14.1. The highest BCUT2D eigenvalue weighted by molar-refractivity contribution is 7.92. The van der Waals surface area contributed by atoms with Crippen LogP contribution in [0, 0.1) is 12.7 Å². The highest BCUT2D eigenvalue weighted by Gasteiger charge is 2.29. The fourth-order valence-electron chi connectivity index (χ4n) is 3.51. The van der Waals surface area contributed by atoms with Crippen LogP contribution in [-0.4, -0.2) is 32.3 Å². The highest BCUT2D eigenvalue weighted by atomic mass is 32.2. The molecule has 35 heavy (non-hydrogen) atoms. The summed E-state index contributed by atoms with van der Waals surface area (Å²) in [6.07, 6.45) is 2.16. The van der Waals surface area contributed by atoms with Gasteiger partial charge in [0, 0.05) is 23.7 Å². The Bertz CT molecular complexity index is 1340. The Morgan fingerprint density at radius 1 is 1.00 bits per heavy atom. The van der Waals surface area contributed by atoms with Gasteiger partial charge in [-0.15, -0.1) is 0 Å². The summed E-state index contributed by atoms with van der Waals surface area (Å²) in [5, 5.41) is 5.70. The van der Waals surface area contributed by atoms with Crippen LogP contribution in [-0.2, 0) is 21.2 Å². The van der Waals surface area contributed by atoms with E-state index in [0.29, 0.717) is 12.0 Å². The van der Waals surface area contributed by atoms with Gasteiger partial charge in [0.1, 0.15) is 11.9 Å². The van der Waals surface area contributed by atoms with Crippen molar-refractivity contribution in [2.45, 2.75) is 43.2 Å². The van der Waals surface area contributed by atoms with E-state index in [1.807, 2.05) is 30.3 Å². The number of benzene rings is 3. The number of hydrogen-bond donors (Lipinski definition) is 3. The third kappa shape index (κ3) is 6.45. The third-order valence-corrected chi connectivity index (χ3v) is 7.04. The van der Waals surface area contributed by atoms with Gasteiger partial charge >= 0.3 is 0 Å². The molecular formula is C26H26FN3O4S. The molecule has 2 amide bonds. The molecule has 1 atom stereocenters. The molecule has 3 aromatic rings. The van der Waals surface area contributed by atoms with Crippen molar-refractivity contribution >= 4 is 27.5 Å². The van der Waals surface area contributed by atoms with E-state index in [1.54, 1.807) is 0 Å². The molecule has 0 aromatic heterocycles. The van der Waals surface area contributed by atoms with Crippen LogP contribution in [0.3, 0.4) is 0 Å². The Balaban J connectivity index is 1.50. The fraction of sp³-hybridized carbons (Fsp3) is 0.231. The molecule has 1 saturated carbocycles. The van der Waals surface area contributed by atoms with Gasteiger partial charge in [0.2, 0.25) is 5.91 Å². The smallest absolute Gasteiger partial charge is 0.261 e. The van der Waals surface area contributed by atoms with Crippen LogP contribution < -0.4 is 15.4 Å². The summed E-state index contributed by atoms with van der Waals surface area (Å²) in [5.41, 5.74) is 1.55. The third-order valence-electron chi connectivity index (χ3n) is 5.66. The van der Waals surface area contributed by atoms with Gasteiger partial charge in [-0.05, 0) is 61.2 Å². The Morgan fingerprint density at radius 3 is 2.43 bits per heavy atom. The van der Waals surface area contributed by atoms with E-state index in [9.17, 15) is 22.4 Å². The molecule has 0 aliphatic heterocycles. The van der Waals surface area contributed by atoms with Crippen LogP contribution in [0.15, 0.2) is 77.7 Å². The number of aryl methyl sites for hydroxylation is 1. The lowest BCUT2D eigenvalue weighted by atomic mass is 10.0. The number of carbonyl (C=O) groups is 2. The number of halogens is 1. The summed E-state index contributed by atoms with van der Waals surface area (Å²) in [6, 6.07) is 18.3. The molecule has 4 rings (SSSR count). The fourth-order valence-corrected chi connectivity index (χ4v) is 4.57. The molecule has 0 bridgehead atoms. The quantitative estimate of drug-likeness (QED) is 0.422. The number of amides is 2. The summed E-state index contributed by atoms with van der Waals surface area (Å²) in [7, 11) is -4.06. The maximum absolute atomic E-state index is 13.9. The molecule has 7 nitrogen and oxygen atoms in total. The van der Waals surface area contributed by atoms with Gasteiger partial charge in [0.15, 0.2) is 0 Å². The van der Waals surface area contributed by atoms with Crippen LogP contribution in [0.5, 0.6) is 0 Å². The van der Waals surface area contributed by atoms with Crippen molar-refractivity contribution in [3.63, 3.8) is 0 Å². The van der Waals surface area contributed by atoms with Crippen molar-refractivity contribution in [3.8, 4) is 0 Å². The molecule has 1 aliphatic carbocycles. The summed E-state index contributed by atoms with van der Waals surface area (Å²) >= 11 is 0. The van der Waals surface area contributed by atoms with Crippen molar-refractivity contribution in [2.24, 2.45) is 0 Å². The molecule has 0 saturated heterocycles. The molecule has 0 spiro atoms. The van der Waals surface area contributed by atoms with Crippen LogP contribution in [0.25, 0.3) is 0 Å². The number of nitrogens with one attached hydrogen (secondary N) is 3. The first-order valence-electron chi connectivity index (χ1n) is 11.3. The summed E-state index contributed by atoms with van der Waals surface area (Å²) < 4.78 is 41.6. The summed E-state index contributed by atoms with van der Waals surface area (Å²) in [6.45, 7) is 1.54. The summed E-state index contributed by atoms with van der Waals surface area (Å²) in [5.74, 6) is -1.41. The Kier molecular flexibility index (Phi) is 7.16. The topological polar surface area (TPSA) is 104 Å². The highest BCUT2D eigenvalue weighted by Crippen LogP contribution is 2.21. The van der Waals surface area contributed by atoms with Crippen molar-refractivity contribution in [3.05, 3.63) is 95.3 Å². The Labute approximate surface area is 203 Å². The van der Waals surface area contributed by atoms with Crippen LogP contribution in [0.4, 0.5) is 10.1 Å². The lowest BCUT2D eigenvalue weighted by molar-refractivity contribution is -0.123. The number of carbonyl (C=O) groups excluding carboxylic acids is 2. The largest absolute Gasteiger partial charge is 0.352 e. The van der Waals surface area contributed by atoms with E-state index in [2.05, 4.69) is 15.4 Å². The minimum absolute atomic E-state index is 0.140. The zero-order chi connectivity index (χ0) is 25.0. The maximum Gasteiger partial charge on any atom is 0.261 e. The van der Waals surface area contributed by atoms with Gasteiger partial charge in [0.25, 0.3) is 15.9 Å². The summed E-state index contributed by atoms with van der Waals surface area (Å²) in [4.78, 5) is 25.6. The van der Waals surface area contributed by atoms with Crippen molar-refractivity contribution in [2.75, 3.05) is 4.72 Å². The van der Waals surface area contributed by atoms with Gasteiger partial charge in [-0.1, -0.05) is 42.5 Å². The number of sulfonamides is 1. The van der Waals surface area contributed by atoms with Gasteiger partial charge in [-0.2, -0.15) is 0 Å². The first-order chi connectivity index (χ1) is 16.7. The molecule has 1 aliphatic rings. The van der Waals surface area contributed by atoms with Crippen molar-refractivity contribution in [1.82, 2.24) is 10.6 Å². The van der Waals surface area contributed by atoms with Gasteiger partial charge < -0.3 is 10.6 Å². The second-order valence-electron chi connectivity index (χ2n) is 8.60. The molecule has 3 aromatic carbocycles. The molecule has 0 heterocycles. The standard InChI is InChI=1S/C26H26FN3O4S/c1-17-10-13-22(16-23(17)27)35(33,34)30-21-9-5-8-19(15-21)25(31)29-24(26(32)28-20-11-12-20)14-18-6-3-2-4-7-18/h2-10,13,15-16,20,24,30H,11-12,14H2,1H3,(H,28,32)(H,29,31). The van der Waals surface area contributed by atoms with Gasteiger partial charge in [-0.3, -0.25) is 14.3 Å². The van der Waals surface area contributed by atoms with Crippen LogP contribution in [0.1, 0.15) is 34.3 Å². The van der Waals surface area contributed by atoms with Gasteiger partial charge in [-0.25, -0.2) is 12.8 Å². The van der Waals surface area contributed by atoms with E-state index >= 15 is 0 Å². The van der Waals surface area contributed by atoms with E-state index in [4.69, 9.17) is 0 Å². The molecule has 9 heteroatoms. The van der Waals surface area contributed by atoms with E-state index in [1.165, 1.54) is 43.3 Å². The minimum Gasteiger partial charge on any atom is -0.352 e. The first kappa shape index (κ1) is 24.4. The monoisotopic (exact) mass is 495 g/mol. The first-order valence-corrected chi connectivity index (χ1v) is 12.7. The number of rotatable bonds is 9. The SMILES string of the molecule is Cc1ccc(S(=O)(=O)Nc2cccc(C(=O)NC(Cc3ccccc3)C(=O)NC3CC3)c2)cc1F. The van der Waals surface area contributed by atoms with Crippen LogP contribution >= 0.6 is 0 Å². The lowest BCUT2D eigenvalue weighted by Gasteiger charge is -2.19. The van der Waals surface area contributed by atoms with Crippen molar-refractivity contribution < 1.29 is 22.4 Å². The second-order valence-corrected chi connectivity index (χ2v) is 10.3. The lowest BCUT2D eigenvalue weighted by Crippen LogP contribution is -2.48. The molecule has 1 fully saturated rings. The molecule has 1 unspecified atom stereocenters. The number of anilines is 1. The molecular weight excluding hydrogens is 469 g/mol. The molecule has 182 valence electrons. The van der Waals surface area contributed by atoms with Crippen LogP contribution in [0.2, 0.25) is 0 Å². The van der Waals surface area contributed by atoms with Gasteiger partial charge in [0.05, 0.1) is 4.90 Å². The second kappa shape index (κ2) is 10.3. The zero-order valence-electron chi connectivity index (χ0n) is 19.1. The maximum atomic E-state index is 13.9. The van der Waals surface area contributed by atoms with E-state index in [-0.39, 0.29) is 28.1 Å². The predicted molar refractivity (Wildman–Crippen MR) is 131 cm³/mol. The predicted octanol–water partition coefficient (Wildman–Crippen LogP) is 3.55. The Morgan fingerprint density at radius 2 is 1.74 bits per heavy atom. The minimum atomic E-state index is -4.06. The van der Waals surface area contributed by atoms with E-state index in [0.717, 1.165) is 24.5 Å². The molecule has 3 N–H and O–H groups in total. The molecule has 0 radical (unpaired) electrons. The van der Waals surface area contributed by atoms with Crippen molar-refractivity contribution in [1.29, 1.82) is 0 Å². The average Bonchev–Trinajstić information content (AvgIpc) is 3.65. The zero-order valence-corrected chi connectivity index (χ0v) is 19.9. The average molecular weight is 496 g/mol. The Hall–Kier alpha value is -3.72. The number of hydrogen-bond acceptors (Lipinski definition) is 4. The van der Waals surface area contributed by atoms with E-state index < -0.39 is 27.8 Å².